The van der Waals surface area contributed by atoms with E-state index in [1.165, 1.54) is 23.8 Å². The van der Waals surface area contributed by atoms with Crippen molar-refractivity contribution in [1.82, 2.24) is 10.3 Å². The lowest BCUT2D eigenvalue weighted by molar-refractivity contribution is -0.122. The highest BCUT2D eigenvalue weighted by Crippen LogP contribution is 2.23. The molecular formula is C26H32N4O2. The Kier molecular flexibility index (Phi) is 7.10. The predicted octanol–water partition coefficient (Wildman–Crippen LogP) is 4.62. The number of rotatable bonds is 9. The van der Waals surface area contributed by atoms with E-state index in [1.54, 1.807) is 0 Å². The maximum atomic E-state index is 12.5. The largest absolute Gasteiger partial charge is 0.371 e. The third-order valence-electron chi connectivity index (χ3n) is 6.02. The number of H-pyrrole nitrogens is 1. The van der Waals surface area contributed by atoms with Crippen LogP contribution in [0.2, 0.25) is 0 Å². The van der Waals surface area contributed by atoms with Crippen LogP contribution < -0.4 is 15.5 Å². The molecule has 3 N–H and O–H groups in total. The first-order valence-electron chi connectivity index (χ1n) is 11.6. The van der Waals surface area contributed by atoms with Crippen LogP contribution in [0.1, 0.15) is 44.6 Å². The van der Waals surface area contributed by atoms with Crippen molar-refractivity contribution in [1.29, 1.82) is 0 Å². The first-order chi connectivity index (χ1) is 15.6. The van der Waals surface area contributed by atoms with Crippen LogP contribution in [0.5, 0.6) is 0 Å². The summed E-state index contributed by atoms with van der Waals surface area (Å²) in [7, 11) is 0. The van der Waals surface area contributed by atoms with E-state index >= 15 is 0 Å². The van der Waals surface area contributed by atoms with Crippen molar-refractivity contribution in [3.05, 3.63) is 60.3 Å². The number of anilines is 2. The van der Waals surface area contributed by atoms with E-state index in [-0.39, 0.29) is 24.3 Å². The van der Waals surface area contributed by atoms with Crippen LogP contribution in [0.4, 0.5) is 11.4 Å². The number of nitrogens with one attached hydrogen (secondary N) is 3. The molecule has 6 heteroatoms. The molecule has 2 heterocycles. The molecule has 0 radical (unpaired) electrons. The van der Waals surface area contributed by atoms with Gasteiger partial charge in [-0.25, -0.2) is 0 Å². The number of carbonyl (C=O) groups excluding carboxylic acids is 2. The molecule has 1 aliphatic heterocycles. The van der Waals surface area contributed by atoms with E-state index in [4.69, 9.17) is 0 Å². The van der Waals surface area contributed by atoms with Gasteiger partial charge < -0.3 is 20.5 Å². The molecule has 4 rings (SSSR count). The molecule has 0 spiro atoms. The predicted molar refractivity (Wildman–Crippen MR) is 130 cm³/mol. The highest BCUT2D eigenvalue weighted by Gasteiger charge is 2.15. The average Bonchev–Trinajstić information content (AvgIpc) is 3.44. The van der Waals surface area contributed by atoms with Gasteiger partial charge in [0.05, 0.1) is 0 Å². The van der Waals surface area contributed by atoms with Crippen molar-refractivity contribution < 1.29 is 9.59 Å². The first kappa shape index (κ1) is 21.9. The van der Waals surface area contributed by atoms with Gasteiger partial charge in [0.15, 0.2) is 0 Å². The Balaban J connectivity index is 1.19. The number of benzene rings is 2. The minimum Gasteiger partial charge on any atom is -0.371 e. The Morgan fingerprint density at radius 1 is 1.06 bits per heavy atom. The molecular weight excluding hydrogens is 400 g/mol. The normalized spacial score (nSPS) is 14.5. The molecule has 2 aromatic carbocycles. The maximum absolute atomic E-state index is 12.5. The molecule has 1 atom stereocenters. The molecule has 0 saturated carbocycles. The van der Waals surface area contributed by atoms with Crippen molar-refractivity contribution >= 4 is 34.1 Å². The molecule has 1 fully saturated rings. The monoisotopic (exact) mass is 432 g/mol. The average molecular weight is 433 g/mol. The smallest absolute Gasteiger partial charge is 0.226 e. The minimum absolute atomic E-state index is 0.0128. The van der Waals surface area contributed by atoms with Gasteiger partial charge in [-0.3, -0.25) is 9.59 Å². The van der Waals surface area contributed by atoms with Crippen LogP contribution in [0.25, 0.3) is 10.9 Å². The first-order valence-corrected chi connectivity index (χ1v) is 11.6. The van der Waals surface area contributed by atoms with Crippen molar-refractivity contribution in [2.24, 2.45) is 0 Å². The van der Waals surface area contributed by atoms with Crippen LogP contribution >= 0.6 is 0 Å². The van der Waals surface area contributed by atoms with Crippen LogP contribution in [0.15, 0.2) is 54.7 Å². The lowest BCUT2D eigenvalue weighted by atomic mass is 10.1. The second kappa shape index (κ2) is 10.4. The lowest BCUT2D eigenvalue weighted by Gasteiger charge is -2.19. The number of hydrogen-bond donors (Lipinski definition) is 3. The van der Waals surface area contributed by atoms with E-state index < -0.39 is 0 Å². The van der Waals surface area contributed by atoms with Gasteiger partial charge in [-0.15, -0.1) is 0 Å². The van der Waals surface area contributed by atoms with E-state index in [1.807, 2.05) is 43.5 Å². The topological polar surface area (TPSA) is 77.2 Å². The van der Waals surface area contributed by atoms with Crippen molar-refractivity contribution in [3.63, 3.8) is 0 Å². The van der Waals surface area contributed by atoms with Crippen LogP contribution in [0, 0.1) is 0 Å². The van der Waals surface area contributed by atoms with Gasteiger partial charge in [0.1, 0.15) is 0 Å². The molecule has 3 aromatic rings. The molecule has 2 amide bonds. The zero-order valence-electron chi connectivity index (χ0n) is 18.7. The number of aryl methyl sites for hydroxylation is 1. The van der Waals surface area contributed by atoms with Crippen molar-refractivity contribution in [2.45, 2.75) is 51.5 Å². The molecule has 168 valence electrons. The Hall–Kier alpha value is -3.28. The fourth-order valence-corrected chi connectivity index (χ4v) is 4.42. The Bertz CT molecular complexity index is 1070. The number of aromatic amines is 1. The SMILES string of the molecule is CC(CC(=O)Nc1cccc(N2CCCC2)c1)NC(=O)CCCc1c[nH]c2ccccc12. The number of para-hydroxylation sites is 1. The van der Waals surface area contributed by atoms with Crippen LogP contribution in [-0.2, 0) is 16.0 Å². The fraction of sp³-hybridized carbons (Fsp3) is 0.385. The summed E-state index contributed by atoms with van der Waals surface area (Å²) in [4.78, 5) is 30.4. The van der Waals surface area contributed by atoms with Gasteiger partial charge in [0.2, 0.25) is 11.8 Å². The molecule has 1 unspecified atom stereocenters. The summed E-state index contributed by atoms with van der Waals surface area (Å²) in [6.45, 7) is 4.01. The number of amides is 2. The highest BCUT2D eigenvalue weighted by molar-refractivity contribution is 5.92. The van der Waals surface area contributed by atoms with Crippen LogP contribution in [-0.4, -0.2) is 35.9 Å². The van der Waals surface area contributed by atoms with Gasteiger partial charge in [0.25, 0.3) is 0 Å². The molecule has 6 nitrogen and oxygen atoms in total. The van der Waals surface area contributed by atoms with Gasteiger partial charge >= 0.3 is 0 Å². The van der Waals surface area contributed by atoms with E-state index in [0.717, 1.165) is 42.8 Å². The summed E-state index contributed by atoms with van der Waals surface area (Å²) in [6, 6.07) is 16.0. The zero-order chi connectivity index (χ0) is 22.3. The van der Waals surface area contributed by atoms with Gasteiger partial charge in [-0.05, 0) is 62.4 Å². The van der Waals surface area contributed by atoms with E-state index in [2.05, 4.69) is 38.7 Å². The number of carbonyl (C=O) groups is 2. The third kappa shape index (κ3) is 5.69. The summed E-state index contributed by atoms with van der Waals surface area (Å²) in [5, 5.41) is 7.14. The van der Waals surface area contributed by atoms with Crippen molar-refractivity contribution in [2.75, 3.05) is 23.3 Å². The third-order valence-corrected chi connectivity index (χ3v) is 6.02. The second-order valence-corrected chi connectivity index (χ2v) is 8.68. The van der Waals surface area contributed by atoms with Gasteiger partial charge in [-0.1, -0.05) is 24.3 Å². The fourth-order valence-electron chi connectivity index (χ4n) is 4.42. The molecule has 1 saturated heterocycles. The molecule has 1 aromatic heterocycles. The van der Waals surface area contributed by atoms with E-state index in [9.17, 15) is 9.59 Å². The Labute approximate surface area is 189 Å². The Morgan fingerprint density at radius 2 is 1.88 bits per heavy atom. The summed E-state index contributed by atoms with van der Waals surface area (Å²) >= 11 is 0. The minimum atomic E-state index is -0.211. The van der Waals surface area contributed by atoms with Crippen molar-refractivity contribution in [3.8, 4) is 0 Å². The Morgan fingerprint density at radius 3 is 2.72 bits per heavy atom. The molecule has 32 heavy (non-hydrogen) atoms. The second-order valence-electron chi connectivity index (χ2n) is 8.68. The maximum Gasteiger partial charge on any atom is 0.226 e. The molecule has 0 bridgehead atoms. The summed E-state index contributed by atoms with van der Waals surface area (Å²) < 4.78 is 0. The summed E-state index contributed by atoms with van der Waals surface area (Å²) in [5.41, 5.74) is 4.31. The number of aromatic nitrogens is 1. The molecule has 0 aliphatic carbocycles. The number of nitrogens with zero attached hydrogens (tertiary/aromatic N) is 1. The van der Waals surface area contributed by atoms with Gasteiger partial charge in [-0.2, -0.15) is 0 Å². The lowest BCUT2D eigenvalue weighted by Crippen LogP contribution is -2.35. The molecule has 1 aliphatic rings. The standard InChI is InChI=1S/C26H32N4O2/c1-19(16-26(32)29-21-9-7-10-22(17-21)30-14-4-5-15-30)28-25(31)13-6-8-20-18-27-24-12-3-2-11-23(20)24/h2-3,7,9-12,17-19,27H,4-6,8,13-16H2,1H3,(H,28,31)(H,29,32). The summed E-state index contributed by atoms with van der Waals surface area (Å²) in [5.74, 6) is -0.101. The quantitative estimate of drug-likeness (QED) is 0.462. The van der Waals surface area contributed by atoms with E-state index in [0.29, 0.717) is 6.42 Å². The number of fused-ring (bicyclic) bond motifs is 1. The van der Waals surface area contributed by atoms with Gasteiger partial charge in [0, 0.05) is 60.4 Å². The summed E-state index contributed by atoms with van der Waals surface area (Å²) in [6.07, 6.45) is 6.78. The number of hydrogen-bond acceptors (Lipinski definition) is 3. The van der Waals surface area contributed by atoms with Crippen LogP contribution in [0.3, 0.4) is 0 Å². The zero-order valence-corrected chi connectivity index (χ0v) is 18.7. The highest BCUT2D eigenvalue weighted by atomic mass is 16.2.